The molecule has 0 aromatic heterocycles. The molecule has 0 aliphatic heterocycles. The molecule has 0 saturated heterocycles. The van der Waals surface area contributed by atoms with Gasteiger partial charge in [-0.1, -0.05) is 44.7 Å². The lowest BCUT2D eigenvalue weighted by atomic mass is 10.6. The molecule has 0 saturated carbocycles. The minimum absolute atomic E-state index is 0.561. The van der Waals surface area contributed by atoms with Gasteiger partial charge in [-0.15, -0.1) is 0 Å². The van der Waals surface area contributed by atoms with E-state index in [1.165, 1.54) is 18.2 Å². The molecule has 0 aromatic carbocycles. The number of allylic oxidation sites excluding steroid dienone is 3. The van der Waals surface area contributed by atoms with E-state index in [1.54, 1.807) is 0 Å². The van der Waals surface area contributed by atoms with Crippen LogP contribution in [-0.2, 0) is 4.79 Å². The van der Waals surface area contributed by atoms with Crippen molar-refractivity contribution < 1.29 is 4.79 Å². The van der Waals surface area contributed by atoms with Gasteiger partial charge in [-0.3, -0.25) is 4.79 Å². The fourth-order valence-corrected chi connectivity index (χ4v) is 0.869. The van der Waals surface area contributed by atoms with Crippen LogP contribution < -0.4 is 0 Å². The largest absolute Gasteiger partial charge is 0.297 e. The van der Waals surface area contributed by atoms with E-state index in [0.29, 0.717) is 4.91 Å². The zero-order valence-corrected chi connectivity index (χ0v) is 9.20. The number of hydrogen-bond donors (Lipinski definition) is 0. The van der Waals surface area contributed by atoms with Crippen LogP contribution in [0.3, 0.4) is 0 Å². The highest BCUT2D eigenvalue weighted by Crippen LogP contribution is 2.20. The zero-order valence-electron chi connectivity index (χ0n) is 8.39. The van der Waals surface area contributed by atoms with E-state index in [0.717, 1.165) is 11.2 Å². The molecule has 0 bridgehead atoms. The first-order valence-electron chi connectivity index (χ1n) is 4.07. The van der Waals surface area contributed by atoms with Crippen molar-refractivity contribution >= 4 is 18.0 Å². The molecule has 0 rings (SSSR count). The lowest BCUT2D eigenvalue weighted by molar-refractivity contribution is -0.104. The van der Waals surface area contributed by atoms with Crippen molar-refractivity contribution in [1.29, 1.82) is 0 Å². The molecule has 0 N–H and O–H groups in total. The molecular weight excluding hydrogens is 168 g/mol. The second-order valence-corrected chi connectivity index (χ2v) is 3.67. The summed E-state index contributed by atoms with van der Waals surface area (Å²) in [6.45, 7) is 11.6. The molecule has 70 valence electrons. The summed E-state index contributed by atoms with van der Waals surface area (Å²) in [5.41, 5.74) is 0. The van der Waals surface area contributed by atoms with Crippen molar-refractivity contribution in [1.82, 2.24) is 0 Å². The summed E-state index contributed by atoms with van der Waals surface area (Å²) in [6, 6.07) is 0. The summed E-state index contributed by atoms with van der Waals surface area (Å²) in [5, 5.41) is 0. The molecule has 2 heteroatoms. The van der Waals surface area contributed by atoms with Gasteiger partial charge in [0.15, 0.2) is 6.29 Å². The van der Waals surface area contributed by atoms with Crippen molar-refractivity contribution in [3.05, 3.63) is 22.5 Å². The summed E-state index contributed by atoms with van der Waals surface area (Å²) in [4.78, 5) is 11.7. The normalized spacial score (nSPS) is 9.83. The molecule has 0 aliphatic carbocycles. The number of hydrogen-bond acceptors (Lipinski definition) is 2. The van der Waals surface area contributed by atoms with Crippen molar-refractivity contribution in [2.75, 3.05) is 0 Å². The number of rotatable bonds is 3. The predicted octanol–water partition coefficient (Wildman–Crippen LogP) is 3.77. The highest BCUT2D eigenvalue weighted by atomic mass is 32.2. The van der Waals surface area contributed by atoms with E-state index in [4.69, 9.17) is 0 Å². The highest BCUT2D eigenvalue weighted by Gasteiger charge is 1.91. The smallest absolute Gasteiger partial charge is 0.156 e. The third kappa shape index (κ3) is 12.2. The van der Waals surface area contributed by atoms with Gasteiger partial charge in [-0.25, -0.2) is 0 Å². The molecule has 0 atom stereocenters. The van der Waals surface area contributed by atoms with Crippen LogP contribution >= 0.6 is 11.8 Å². The van der Waals surface area contributed by atoms with E-state index in [2.05, 4.69) is 20.4 Å². The average molecular weight is 186 g/mol. The first-order chi connectivity index (χ1) is 5.62. The zero-order chi connectivity index (χ0) is 9.98. The molecule has 0 heterocycles. The minimum Gasteiger partial charge on any atom is -0.297 e. The highest BCUT2D eigenvalue weighted by molar-refractivity contribution is 8.07. The quantitative estimate of drug-likeness (QED) is 0.493. The van der Waals surface area contributed by atoms with Crippen LogP contribution in [0, 0.1) is 0 Å². The Hall–Kier alpha value is -0.500. The van der Waals surface area contributed by atoms with Crippen LogP contribution in [0.25, 0.3) is 0 Å². The first-order valence-corrected chi connectivity index (χ1v) is 4.88. The standard InChI is InChI=1S/C7H10OS.C3H8/c1-4-6(2)9-7(3)5-8;1-3-2/h4-5H,3H2,1-2H3;3H2,1-2H3/b6-4-;. The van der Waals surface area contributed by atoms with Crippen molar-refractivity contribution in [2.24, 2.45) is 0 Å². The van der Waals surface area contributed by atoms with Gasteiger partial charge in [-0.05, 0) is 18.8 Å². The summed E-state index contributed by atoms with van der Waals surface area (Å²) >= 11 is 1.40. The minimum atomic E-state index is 0.561. The van der Waals surface area contributed by atoms with Crippen LogP contribution in [-0.4, -0.2) is 6.29 Å². The van der Waals surface area contributed by atoms with Gasteiger partial charge in [0.25, 0.3) is 0 Å². The summed E-state index contributed by atoms with van der Waals surface area (Å²) in [5.74, 6) is 0. The topological polar surface area (TPSA) is 17.1 Å². The summed E-state index contributed by atoms with van der Waals surface area (Å²) in [6.07, 6.45) is 3.96. The van der Waals surface area contributed by atoms with Crippen LogP contribution in [0.5, 0.6) is 0 Å². The SMILES string of the molecule is C=C(C=O)S/C(C)=C\C.CCC. The fraction of sp³-hybridized carbons (Fsp3) is 0.500. The first kappa shape index (κ1) is 14.0. The molecule has 0 unspecified atom stereocenters. The maximum absolute atomic E-state index is 10.0. The van der Waals surface area contributed by atoms with Crippen molar-refractivity contribution in [3.63, 3.8) is 0 Å². The predicted molar refractivity (Wildman–Crippen MR) is 58.2 cm³/mol. The van der Waals surface area contributed by atoms with Crippen molar-refractivity contribution in [2.45, 2.75) is 34.1 Å². The monoisotopic (exact) mass is 186 g/mol. The fourth-order valence-electron chi connectivity index (χ4n) is 0.290. The average Bonchev–Trinajstić information content (AvgIpc) is 2.05. The Morgan fingerprint density at radius 3 is 2.17 bits per heavy atom. The molecule has 12 heavy (non-hydrogen) atoms. The Morgan fingerprint density at radius 2 is 1.92 bits per heavy atom. The van der Waals surface area contributed by atoms with Gasteiger partial charge in [0.2, 0.25) is 0 Å². The Morgan fingerprint density at radius 1 is 1.50 bits per heavy atom. The van der Waals surface area contributed by atoms with E-state index in [-0.39, 0.29) is 0 Å². The van der Waals surface area contributed by atoms with Gasteiger partial charge in [0.1, 0.15) is 0 Å². The van der Waals surface area contributed by atoms with Crippen molar-refractivity contribution in [3.8, 4) is 0 Å². The molecule has 0 radical (unpaired) electrons. The Balaban J connectivity index is 0. The Labute approximate surface area is 79.9 Å². The van der Waals surface area contributed by atoms with Crippen LogP contribution in [0.2, 0.25) is 0 Å². The van der Waals surface area contributed by atoms with Gasteiger partial charge in [-0.2, -0.15) is 0 Å². The lowest BCUT2D eigenvalue weighted by Crippen LogP contribution is -1.73. The number of carbonyl (C=O) groups is 1. The molecule has 0 fully saturated rings. The molecule has 0 amide bonds. The maximum atomic E-state index is 10.0. The third-order valence-corrected chi connectivity index (χ3v) is 1.75. The molecule has 0 aromatic rings. The van der Waals surface area contributed by atoms with E-state index in [9.17, 15) is 4.79 Å². The second-order valence-electron chi connectivity index (χ2n) is 2.29. The van der Waals surface area contributed by atoms with Crippen LogP contribution in [0.4, 0.5) is 0 Å². The Kier molecular flexibility index (Phi) is 12.3. The molecule has 0 spiro atoms. The van der Waals surface area contributed by atoms with E-state index in [1.807, 2.05) is 19.9 Å². The lowest BCUT2D eigenvalue weighted by Gasteiger charge is -1.94. The van der Waals surface area contributed by atoms with E-state index < -0.39 is 0 Å². The summed E-state index contributed by atoms with van der Waals surface area (Å²) in [7, 11) is 0. The van der Waals surface area contributed by atoms with Gasteiger partial charge in [0, 0.05) is 4.91 Å². The second kappa shape index (κ2) is 10.5. The molecular formula is C10H18OS. The van der Waals surface area contributed by atoms with E-state index >= 15 is 0 Å². The molecule has 0 aliphatic rings. The number of aldehydes is 1. The number of thioether (sulfide) groups is 1. The van der Waals surface area contributed by atoms with Crippen LogP contribution in [0.1, 0.15) is 34.1 Å². The Bertz CT molecular complexity index is 159. The molecule has 1 nitrogen and oxygen atoms in total. The van der Waals surface area contributed by atoms with Gasteiger partial charge in [0.05, 0.1) is 0 Å². The summed E-state index contributed by atoms with van der Waals surface area (Å²) < 4.78 is 0. The van der Waals surface area contributed by atoms with Gasteiger partial charge >= 0.3 is 0 Å². The number of carbonyl (C=O) groups excluding carboxylic acids is 1. The van der Waals surface area contributed by atoms with Crippen LogP contribution in [0.15, 0.2) is 22.5 Å². The maximum Gasteiger partial charge on any atom is 0.156 e. The van der Waals surface area contributed by atoms with Gasteiger partial charge < -0.3 is 0 Å². The third-order valence-electron chi connectivity index (χ3n) is 0.830.